The van der Waals surface area contributed by atoms with Gasteiger partial charge in [0.1, 0.15) is 0 Å². The average Bonchev–Trinajstić information content (AvgIpc) is 2.72. The van der Waals surface area contributed by atoms with Crippen molar-refractivity contribution in [2.45, 2.75) is 59.8 Å². The number of rotatable bonds is 2. The maximum absolute atomic E-state index is 2.57. The maximum Gasteiger partial charge on any atom is -0.0113 e. The van der Waals surface area contributed by atoms with Gasteiger partial charge in [-0.15, -0.1) is 0 Å². The molecule has 0 aromatic heterocycles. The molecule has 0 bridgehead atoms. The molecule has 0 aromatic rings. The van der Waals surface area contributed by atoms with Gasteiger partial charge in [-0.2, -0.15) is 0 Å². The maximum atomic E-state index is 2.57. The fourth-order valence-corrected chi connectivity index (χ4v) is 3.23. The van der Waals surface area contributed by atoms with Gasteiger partial charge < -0.3 is 0 Å². The Morgan fingerprint density at radius 1 is 1.44 bits per heavy atom. The van der Waals surface area contributed by atoms with Crippen molar-refractivity contribution in [2.75, 3.05) is 0 Å². The Morgan fingerprint density at radius 2 is 2.19 bits per heavy atom. The van der Waals surface area contributed by atoms with Crippen LogP contribution in [0, 0.1) is 17.3 Å². The first-order valence-electron chi connectivity index (χ1n) is 6.88. The summed E-state index contributed by atoms with van der Waals surface area (Å²) >= 11 is 0. The molecule has 0 nitrogen and oxygen atoms in total. The minimum absolute atomic E-state index is 0.429. The molecule has 2 atom stereocenters. The zero-order valence-corrected chi connectivity index (χ0v) is 11.3. The van der Waals surface area contributed by atoms with E-state index < -0.39 is 0 Å². The Kier molecular flexibility index (Phi) is 3.28. The molecule has 0 heterocycles. The van der Waals surface area contributed by atoms with Crippen molar-refractivity contribution in [3.05, 3.63) is 23.3 Å². The second-order valence-corrected chi connectivity index (χ2v) is 6.35. The first-order chi connectivity index (χ1) is 7.51. The van der Waals surface area contributed by atoms with Gasteiger partial charge in [-0.25, -0.2) is 0 Å². The van der Waals surface area contributed by atoms with Gasteiger partial charge in [-0.1, -0.05) is 44.1 Å². The van der Waals surface area contributed by atoms with Crippen LogP contribution in [0.15, 0.2) is 23.3 Å². The first-order valence-corrected chi connectivity index (χ1v) is 6.88. The van der Waals surface area contributed by atoms with Crippen LogP contribution in [0.4, 0.5) is 0 Å². The van der Waals surface area contributed by atoms with Crippen LogP contribution < -0.4 is 0 Å². The van der Waals surface area contributed by atoms with E-state index >= 15 is 0 Å². The highest BCUT2D eigenvalue weighted by atomic mass is 14.4. The standard InChI is InChI=1S/C16H26/c1-12-6-5-7-14(12)9-11-15-10-8-13(2)16(15,3)4/h8-9,12,15H,5-7,10-11H2,1-4H3/b14-9+. The molecule has 0 saturated heterocycles. The zero-order chi connectivity index (χ0) is 11.8. The molecule has 0 aliphatic heterocycles. The van der Waals surface area contributed by atoms with Crippen molar-refractivity contribution in [1.82, 2.24) is 0 Å². The molecule has 2 unspecified atom stereocenters. The highest BCUT2D eigenvalue weighted by Crippen LogP contribution is 2.45. The van der Waals surface area contributed by atoms with E-state index in [9.17, 15) is 0 Å². The summed E-state index contributed by atoms with van der Waals surface area (Å²) in [6, 6.07) is 0. The molecular weight excluding hydrogens is 192 g/mol. The van der Waals surface area contributed by atoms with Gasteiger partial charge in [-0.05, 0) is 56.3 Å². The second-order valence-electron chi connectivity index (χ2n) is 6.35. The Morgan fingerprint density at radius 3 is 2.69 bits per heavy atom. The van der Waals surface area contributed by atoms with Crippen LogP contribution in [-0.2, 0) is 0 Å². The number of allylic oxidation sites excluding steroid dienone is 4. The summed E-state index contributed by atoms with van der Waals surface area (Å²) in [6.45, 7) is 9.51. The molecule has 1 saturated carbocycles. The van der Waals surface area contributed by atoms with Gasteiger partial charge >= 0.3 is 0 Å². The van der Waals surface area contributed by atoms with Crippen molar-refractivity contribution >= 4 is 0 Å². The summed E-state index contributed by atoms with van der Waals surface area (Å²) in [6.07, 6.45) is 11.8. The van der Waals surface area contributed by atoms with Gasteiger partial charge in [-0.3, -0.25) is 0 Å². The van der Waals surface area contributed by atoms with Gasteiger partial charge in [0.2, 0.25) is 0 Å². The van der Waals surface area contributed by atoms with E-state index in [1.54, 1.807) is 11.1 Å². The van der Waals surface area contributed by atoms with Crippen LogP contribution in [0.2, 0.25) is 0 Å². The Hall–Kier alpha value is -0.520. The van der Waals surface area contributed by atoms with Crippen molar-refractivity contribution in [3.63, 3.8) is 0 Å². The zero-order valence-electron chi connectivity index (χ0n) is 11.3. The summed E-state index contributed by atoms with van der Waals surface area (Å²) in [5.41, 5.74) is 3.76. The fourth-order valence-electron chi connectivity index (χ4n) is 3.23. The largest absolute Gasteiger partial charge is 0.0847 e. The van der Waals surface area contributed by atoms with Crippen molar-refractivity contribution in [1.29, 1.82) is 0 Å². The lowest BCUT2D eigenvalue weighted by Gasteiger charge is -2.29. The van der Waals surface area contributed by atoms with Crippen LogP contribution in [-0.4, -0.2) is 0 Å². The quantitative estimate of drug-likeness (QED) is 0.565. The van der Waals surface area contributed by atoms with Crippen molar-refractivity contribution < 1.29 is 0 Å². The number of hydrogen-bond donors (Lipinski definition) is 0. The summed E-state index contributed by atoms with van der Waals surface area (Å²) < 4.78 is 0. The molecule has 2 aliphatic carbocycles. The minimum Gasteiger partial charge on any atom is -0.0847 e. The summed E-state index contributed by atoms with van der Waals surface area (Å²) in [5.74, 6) is 1.70. The lowest BCUT2D eigenvalue weighted by molar-refractivity contribution is 0.294. The topological polar surface area (TPSA) is 0 Å². The van der Waals surface area contributed by atoms with Gasteiger partial charge in [0.15, 0.2) is 0 Å². The molecule has 16 heavy (non-hydrogen) atoms. The van der Waals surface area contributed by atoms with Crippen molar-refractivity contribution in [3.8, 4) is 0 Å². The molecule has 0 heteroatoms. The minimum atomic E-state index is 0.429. The predicted octanol–water partition coefficient (Wildman–Crippen LogP) is 5.12. The smallest absolute Gasteiger partial charge is 0.0113 e. The summed E-state index contributed by atoms with van der Waals surface area (Å²) in [4.78, 5) is 0. The Bertz CT molecular complexity index is 317. The second kappa shape index (κ2) is 4.39. The molecule has 0 aromatic carbocycles. The third-order valence-corrected chi connectivity index (χ3v) is 5.15. The SMILES string of the molecule is CC1=CCC(C/C=C2\CCCC2C)C1(C)C. The van der Waals surface area contributed by atoms with E-state index in [-0.39, 0.29) is 0 Å². The molecule has 2 aliphatic rings. The molecule has 0 radical (unpaired) electrons. The van der Waals surface area contributed by atoms with Gasteiger partial charge in [0.05, 0.1) is 0 Å². The normalized spacial score (nSPS) is 35.8. The van der Waals surface area contributed by atoms with Crippen molar-refractivity contribution in [2.24, 2.45) is 17.3 Å². The molecule has 2 rings (SSSR count). The average molecular weight is 218 g/mol. The van der Waals surface area contributed by atoms with Crippen LogP contribution in [0.3, 0.4) is 0 Å². The summed E-state index contributed by atoms with van der Waals surface area (Å²) in [5, 5.41) is 0. The monoisotopic (exact) mass is 218 g/mol. The van der Waals surface area contributed by atoms with E-state index in [1.807, 2.05) is 0 Å². The van der Waals surface area contributed by atoms with E-state index in [1.165, 1.54) is 32.1 Å². The lowest BCUT2D eigenvalue weighted by atomic mass is 9.76. The highest BCUT2D eigenvalue weighted by Gasteiger charge is 2.34. The van der Waals surface area contributed by atoms with E-state index in [4.69, 9.17) is 0 Å². The van der Waals surface area contributed by atoms with Gasteiger partial charge in [0.25, 0.3) is 0 Å². The molecule has 0 spiro atoms. The first kappa shape index (κ1) is 12.0. The van der Waals surface area contributed by atoms with E-state index in [0.29, 0.717) is 5.41 Å². The molecular formula is C16H26. The summed E-state index contributed by atoms with van der Waals surface area (Å²) in [7, 11) is 0. The molecule has 0 amide bonds. The third-order valence-electron chi connectivity index (χ3n) is 5.15. The van der Waals surface area contributed by atoms with Crippen LogP contribution in [0.25, 0.3) is 0 Å². The van der Waals surface area contributed by atoms with Crippen LogP contribution >= 0.6 is 0 Å². The van der Waals surface area contributed by atoms with E-state index in [2.05, 4.69) is 39.8 Å². The molecule has 0 N–H and O–H groups in total. The Labute approximate surface area is 101 Å². The highest BCUT2D eigenvalue weighted by molar-refractivity contribution is 5.20. The fraction of sp³-hybridized carbons (Fsp3) is 0.750. The molecule has 1 fully saturated rings. The molecule has 90 valence electrons. The predicted molar refractivity (Wildman–Crippen MR) is 71.4 cm³/mol. The number of hydrogen-bond acceptors (Lipinski definition) is 0. The Balaban J connectivity index is 1.97. The van der Waals surface area contributed by atoms with Crippen LogP contribution in [0.5, 0.6) is 0 Å². The third kappa shape index (κ3) is 2.12. The lowest BCUT2D eigenvalue weighted by Crippen LogP contribution is -2.19. The van der Waals surface area contributed by atoms with Crippen LogP contribution in [0.1, 0.15) is 59.8 Å². The van der Waals surface area contributed by atoms with E-state index in [0.717, 1.165) is 11.8 Å². The van der Waals surface area contributed by atoms with Gasteiger partial charge in [0, 0.05) is 0 Å².